The Labute approximate surface area is 93.7 Å². The lowest BCUT2D eigenvalue weighted by Crippen LogP contribution is -2.16. The zero-order valence-electron chi connectivity index (χ0n) is 10.1. The highest BCUT2D eigenvalue weighted by atomic mass is 32.2. The summed E-state index contributed by atoms with van der Waals surface area (Å²) in [7, 11) is 0. The van der Waals surface area contributed by atoms with Crippen LogP contribution in [0.5, 0.6) is 0 Å². The molecule has 2 heteroatoms. The molecule has 0 saturated carbocycles. The van der Waals surface area contributed by atoms with Gasteiger partial charge in [-0.25, -0.2) is 0 Å². The first-order valence-corrected chi connectivity index (χ1v) is 6.94. The maximum atomic E-state index is 9.77. The minimum absolute atomic E-state index is 0.101. The lowest BCUT2D eigenvalue weighted by molar-refractivity contribution is 0.166. The highest BCUT2D eigenvalue weighted by molar-refractivity contribution is 7.99. The van der Waals surface area contributed by atoms with Gasteiger partial charge in [0, 0.05) is 11.0 Å². The third-order valence-electron chi connectivity index (χ3n) is 2.60. The van der Waals surface area contributed by atoms with Crippen molar-refractivity contribution < 1.29 is 5.11 Å². The monoisotopic (exact) mass is 218 g/mol. The van der Waals surface area contributed by atoms with Crippen molar-refractivity contribution in [2.24, 2.45) is 5.92 Å². The van der Waals surface area contributed by atoms with Crippen LogP contribution in [0.25, 0.3) is 0 Å². The normalized spacial score (nSPS) is 17.8. The molecule has 0 aromatic rings. The van der Waals surface area contributed by atoms with E-state index < -0.39 is 0 Å². The zero-order chi connectivity index (χ0) is 11.0. The van der Waals surface area contributed by atoms with Crippen molar-refractivity contribution in [1.29, 1.82) is 0 Å². The fourth-order valence-corrected chi connectivity index (χ4v) is 2.46. The summed E-state index contributed by atoms with van der Waals surface area (Å²) in [6.45, 7) is 8.87. The molecule has 0 radical (unpaired) electrons. The van der Waals surface area contributed by atoms with E-state index >= 15 is 0 Å². The molecule has 0 saturated heterocycles. The van der Waals surface area contributed by atoms with Crippen molar-refractivity contribution in [3.05, 3.63) is 0 Å². The second-order valence-corrected chi connectivity index (χ2v) is 5.81. The van der Waals surface area contributed by atoms with Gasteiger partial charge < -0.3 is 5.11 Å². The van der Waals surface area contributed by atoms with Crippen LogP contribution in [0.1, 0.15) is 53.4 Å². The smallest absolute Gasteiger partial charge is 0.0633 e. The summed E-state index contributed by atoms with van der Waals surface area (Å²) >= 11 is 1.89. The van der Waals surface area contributed by atoms with Crippen molar-refractivity contribution in [3.63, 3.8) is 0 Å². The minimum atomic E-state index is -0.101. The molecule has 0 aromatic heterocycles. The molecule has 0 heterocycles. The van der Waals surface area contributed by atoms with Gasteiger partial charge in [0.2, 0.25) is 0 Å². The standard InChI is InChI=1S/C12H26OS/c1-5-7-10(3)8-12(13)9-14-11(4)6-2/h10-13H,5-9H2,1-4H3. The average Bonchev–Trinajstić information content (AvgIpc) is 2.14. The van der Waals surface area contributed by atoms with E-state index in [2.05, 4.69) is 27.7 Å². The first-order chi connectivity index (χ1) is 6.60. The third-order valence-corrected chi connectivity index (χ3v) is 4.08. The number of hydrogen-bond donors (Lipinski definition) is 1. The van der Waals surface area contributed by atoms with Crippen molar-refractivity contribution >= 4 is 11.8 Å². The quantitative estimate of drug-likeness (QED) is 0.670. The molecule has 0 rings (SSSR count). The van der Waals surface area contributed by atoms with Crippen molar-refractivity contribution in [1.82, 2.24) is 0 Å². The van der Waals surface area contributed by atoms with E-state index in [-0.39, 0.29) is 6.10 Å². The molecule has 86 valence electrons. The van der Waals surface area contributed by atoms with Crippen LogP contribution in [0.4, 0.5) is 0 Å². The van der Waals surface area contributed by atoms with Gasteiger partial charge in [-0.1, -0.05) is 40.5 Å². The van der Waals surface area contributed by atoms with Crippen LogP contribution in [0.15, 0.2) is 0 Å². The fraction of sp³-hybridized carbons (Fsp3) is 1.00. The summed E-state index contributed by atoms with van der Waals surface area (Å²) in [5.41, 5.74) is 0. The Bertz CT molecular complexity index is 127. The predicted molar refractivity (Wildman–Crippen MR) is 66.9 cm³/mol. The predicted octanol–water partition coefficient (Wildman–Crippen LogP) is 3.71. The van der Waals surface area contributed by atoms with E-state index in [0.29, 0.717) is 11.2 Å². The van der Waals surface area contributed by atoms with Crippen LogP contribution in [0.2, 0.25) is 0 Å². The lowest BCUT2D eigenvalue weighted by Gasteiger charge is -2.17. The molecule has 0 spiro atoms. The Balaban J connectivity index is 3.49. The van der Waals surface area contributed by atoms with E-state index in [1.807, 2.05) is 11.8 Å². The number of rotatable bonds is 8. The summed E-state index contributed by atoms with van der Waals surface area (Å²) in [6.07, 6.45) is 4.53. The van der Waals surface area contributed by atoms with Crippen molar-refractivity contribution in [2.75, 3.05) is 5.75 Å². The van der Waals surface area contributed by atoms with Crippen LogP contribution in [0, 0.1) is 5.92 Å². The largest absolute Gasteiger partial charge is 0.392 e. The second kappa shape index (κ2) is 8.60. The van der Waals surface area contributed by atoms with Crippen LogP contribution in [-0.4, -0.2) is 22.2 Å². The summed E-state index contributed by atoms with van der Waals surface area (Å²) < 4.78 is 0. The Morgan fingerprint density at radius 3 is 2.36 bits per heavy atom. The Hall–Kier alpha value is 0.310. The maximum Gasteiger partial charge on any atom is 0.0633 e. The molecule has 0 bridgehead atoms. The number of aliphatic hydroxyl groups excluding tert-OH is 1. The van der Waals surface area contributed by atoms with Crippen molar-refractivity contribution in [3.8, 4) is 0 Å². The van der Waals surface area contributed by atoms with E-state index in [0.717, 1.165) is 12.2 Å². The fourth-order valence-electron chi connectivity index (χ4n) is 1.54. The first kappa shape index (κ1) is 14.3. The van der Waals surface area contributed by atoms with Gasteiger partial charge in [0.05, 0.1) is 6.10 Å². The van der Waals surface area contributed by atoms with Crippen LogP contribution in [-0.2, 0) is 0 Å². The van der Waals surface area contributed by atoms with E-state index in [1.54, 1.807) is 0 Å². The van der Waals surface area contributed by atoms with Gasteiger partial charge in [-0.3, -0.25) is 0 Å². The zero-order valence-corrected chi connectivity index (χ0v) is 10.9. The second-order valence-electron chi connectivity index (χ2n) is 4.34. The first-order valence-electron chi connectivity index (χ1n) is 5.89. The number of hydrogen-bond acceptors (Lipinski definition) is 2. The van der Waals surface area contributed by atoms with Gasteiger partial charge in [0.15, 0.2) is 0 Å². The lowest BCUT2D eigenvalue weighted by atomic mass is 10.00. The van der Waals surface area contributed by atoms with Crippen LogP contribution < -0.4 is 0 Å². The Morgan fingerprint density at radius 1 is 1.21 bits per heavy atom. The Morgan fingerprint density at radius 2 is 1.86 bits per heavy atom. The molecule has 0 aromatic carbocycles. The summed E-state index contributed by atoms with van der Waals surface area (Å²) in [5, 5.41) is 10.5. The van der Waals surface area contributed by atoms with Gasteiger partial charge in [-0.05, 0) is 18.8 Å². The number of thioether (sulfide) groups is 1. The SMILES string of the molecule is CCCC(C)CC(O)CSC(C)CC. The molecule has 1 N–H and O–H groups in total. The molecule has 3 atom stereocenters. The third kappa shape index (κ3) is 7.69. The molecular weight excluding hydrogens is 192 g/mol. The van der Waals surface area contributed by atoms with Gasteiger partial charge in [0.25, 0.3) is 0 Å². The van der Waals surface area contributed by atoms with Crippen LogP contribution >= 0.6 is 11.8 Å². The highest BCUT2D eigenvalue weighted by Gasteiger charge is 2.11. The van der Waals surface area contributed by atoms with Crippen molar-refractivity contribution in [2.45, 2.75) is 64.7 Å². The van der Waals surface area contributed by atoms with E-state index in [4.69, 9.17) is 0 Å². The van der Waals surface area contributed by atoms with E-state index in [9.17, 15) is 5.11 Å². The molecule has 0 fully saturated rings. The average molecular weight is 218 g/mol. The summed E-state index contributed by atoms with van der Waals surface area (Å²) in [6, 6.07) is 0. The minimum Gasteiger partial charge on any atom is -0.392 e. The van der Waals surface area contributed by atoms with Gasteiger partial charge in [-0.2, -0.15) is 11.8 Å². The molecule has 0 amide bonds. The maximum absolute atomic E-state index is 9.77. The summed E-state index contributed by atoms with van der Waals surface area (Å²) in [4.78, 5) is 0. The van der Waals surface area contributed by atoms with Gasteiger partial charge >= 0.3 is 0 Å². The topological polar surface area (TPSA) is 20.2 Å². The molecular formula is C12H26OS. The van der Waals surface area contributed by atoms with Gasteiger partial charge in [-0.15, -0.1) is 0 Å². The number of aliphatic hydroxyl groups is 1. The molecule has 0 aliphatic carbocycles. The highest BCUT2D eigenvalue weighted by Crippen LogP contribution is 2.19. The van der Waals surface area contributed by atoms with E-state index in [1.165, 1.54) is 19.3 Å². The molecule has 0 aliphatic heterocycles. The Kier molecular flexibility index (Phi) is 8.80. The molecule has 0 aliphatic rings. The molecule has 1 nitrogen and oxygen atoms in total. The summed E-state index contributed by atoms with van der Waals surface area (Å²) in [5.74, 6) is 1.58. The van der Waals surface area contributed by atoms with Crippen LogP contribution in [0.3, 0.4) is 0 Å². The molecule has 14 heavy (non-hydrogen) atoms. The van der Waals surface area contributed by atoms with Gasteiger partial charge in [0.1, 0.15) is 0 Å². The molecule has 3 unspecified atom stereocenters.